The summed E-state index contributed by atoms with van der Waals surface area (Å²) in [6.07, 6.45) is -0.104. The fourth-order valence-electron chi connectivity index (χ4n) is 1.38. The predicted octanol–water partition coefficient (Wildman–Crippen LogP) is 2.35. The Kier molecular flexibility index (Phi) is 4.08. The van der Waals surface area contributed by atoms with Crippen LogP contribution in [0.25, 0.3) is 0 Å². The number of aliphatic hydroxyl groups excluding tert-OH is 2. The highest BCUT2D eigenvalue weighted by molar-refractivity contribution is 6.77. The Morgan fingerprint density at radius 1 is 1.07 bits per heavy atom. The number of benzene rings is 1. The third-order valence-electron chi connectivity index (χ3n) is 2.63. The van der Waals surface area contributed by atoms with Crippen molar-refractivity contribution in [3.63, 3.8) is 0 Å². The number of aliphatic hydroxyl groups is 2. The molecule has 2 N–H and O–H groups in total. The first-order chi connectivity index (χ1) is 6.91. The zero-order chi connectivity index (χ0) is 11.5. The summed E-state index contributed by atoms with van der Waals surface area (Å²) in [6.45, 7) is 6.32. The minimum Gasteiger partial charge on any atom is -0.396 e. The van der Waals surface area contributed by atoms with Crippen LogP contribution >= 0.6 is 0 Å². The molecule has 84 valence electrons. The van der Waals surface area contributed by atoms with Crippen LogP contribution < -0.4 is 0 Å². The minimum atomic E-state index is -1.56. The van der Waals surface area contributed by atoms with Gasteiger partial charge in [-0.25, -0.2) is 0 Å². The van der Waals surface area contributed by atoms with Crippen LogP contribution in [0, 0.1) is 0 Å². The molecule has 2 unspecified atom stereocenters. The van der Waals surface area contributed by atoms with Crippen molar-refractivity contribution in [1.29, 1.82) is 0 Å². The van der Waals surface area contributed by atoms with E-state index in [1.807, 2.05) is 30.3 Å². The molecule has 0 bridgehead atoms. The van der Waals surface area contributed by atoms with Crippen LogP contribution in [0.3, 0.4) is 0 Å². The second kappa shape index (κ2) is 4.92. The van der Waals surface area contributed by atoms with Gasteiger partial charge in [0.25, 0.3) is 0 Å². The zero-order valence-electron chi connectivity index (χ0n) is 9.64. The van der Waals surface area contributed by atoms with Gasteiger partial charge in [0, 0.05) is 12.1 Å². The normalized spacial score (nSPS) is 16.1. The molecule has 2 atom stereocenters. The quantitative estimate of drug-likeness (QED) is 0.771. The molecule has 0 saturated heterocycles. The molecule has 0 aromatic heterocycles. The third kappa shape index (κ3) is 3.78. The molecule has 0 radical (unpaired) electrons. The van der Waals surface area contributed by atoms with E-state index in [-0.39, 0.29) is 5.73 Å². The van der Waals surface area contributed by atoms with Gasteiger partial charge < -0.3 is 10.2 Å². The smallest absolute Gasteiger partial charge is 0.0811 e. The summed E-state index contributed by atoms with van der Waals surface area (Å²) in [5.41, 5.74) is 0.530. The maximum absolute atomic E-state index is 9.92. The first-order valence-electron chi connectivity index (χ1n) is 5.32. The number of rotatable bonds is 4. The summed E-state index contributed by atoms with van der Waals surface area (Å²) in [7, 11) is -1.56. The molecule has 0 aliphatic heterocycles. The van der Waals surface area contributed by atoms with Crippen molar-refractivity contribution in [3.8, 4) is 0 Å². The first-order valence-corrected chi connectivity index (χ1v) is 8.90. The van der Waals surface area contributed by atoms with Crippen LogP contribution in [0.5, 0.6) is 0 Å². The van der Waals surface area contributed by atoms with Crippen molar-refractivity contribution < 1.29 is 10.2 Å². The van der Waals surface area contributed by atoms with Gasteiger partial charge in [-0.3, -0.25) is 0 Å². The fraction of sp³-hybridized carbons (Fsp3) is 0.500. The molecule has 0 amide bonds. The maximum atomic E-state index is 9.92. The Balaban J connectivity index is 2.61. The van der Waals surface area contributed by atoms with Crippen molar-refractivity contribution in [1.82, 2.24) is 0 Å². The average molecular weight is 224 g/mol. The minimum absolute atomic E-state index is 0.354. The molecule has 0 aliphatic carbocycles. The largest absolute Gasteiger partial charge is 0.396 e. The Labute approximate surface area is 92.6 Å². The monoisotopic (exact) mass is 224 g/mol. The predicted molar refractivity (Wildman–Crippen MR) is 65.4 cm³/mol. The third-order valence-corrected chi connectivity index (χ3v) is 4.87. The molecular formula is C12H20O2Si. The molecule has 1 rings (SSSR count). The summed E-state index contributed by atoms with van der Waals surface area (Å²) in [5, 5.41) is 19.8. The van der Waals surface area contributed by atoms with Gasteiger partial charge in [-0.2, -0.15) is 0 Å². The Morgan fingerprint density at radius 3 is 2.07 bits per heavy atom. The van der Waals surface area contributed by atoms with Crippen LogP contribution in [0.4, 0.5) is 0 Å². The van der Waals surface area contributed by atoms with Crippen LogP contribution in [0.1, 0.15) is 18.1 Å². The van der Waals surface area contributed by atoms with Gasteiger partial charge in [0.05, 0.1) is 14.2 Å². The molecule has 2 nitrogen and oxygen atoms in total. The van der Waals surface area contributed by atoms with E-state index in [1.54, 1.807) is 0 Å². The lowest BCUT2D eigenvalue weighted by Gasteiger charge is -2.26. The Bertz CT molecular complexity index is 292. The van der Waals surface area contributed by atoms with E-state index >= 15 is 0 Å². The highest BCUT2D eigenvalue weighted by Crippen LogP contribution is 2.22. The van der Waals surface area contributed by atoms with Crippen LogP contribution in [0.2, 0.25) is 19.6 Å². The fourth-order valence-corrected chi connectivity index (χ4v) is 2.31. The second-order valence-corrected chi connectivity index (χ2v) is 10.4. The SMILES string of the molecule is C[Si](C)(C)C(O)CC(O)c1ccccc1. The number of hydrogen-bond donors (Lipinski definition) is 2. The van der Waals surface area contributed by atoms with Crippen molar-refractivity contribution >= 4 is 8.07 Å². The van der Waals surface area contributed by atoms with E-state index in [9.17, 15) is 10.2 Å². The maximum Gasteiger partial charge on any atom is 0.0811 e. The molecule has 0 spiro atoms. The van der Waals surface area contributed by atoms with E-state index < -0.39 is 14.2 Å². The van der Waals surface area contributed by atoms with E-state index in [0.29, 0.717) is 6.42 Å². The van der Waals surface area contributed by atoms with Crippen molar-refractivity contribution in [2.75, 3.05) is 0 Å². The molecule has 1 aromatic carbocycles. The van der Waals surface area contributed by atoms with Crippen molar-refractivity contribution in [2.24, 2.45) is 0 Å². The summed E-state index contributed by atoms with van der Waals surface area (Å²) in [5.74, 6) is 0. The average Bonchev–Trinajstić information content (AvgIpc) is 2.17. The summed E-state index contributed by atoms with van der Waals surface area (Å²) in [4.78, 5) is 0. The highest BCUT2D eigenvalue weighted by atomic mass is 28.3. The molecule has 0 heterocycles. The molecule has 3 heteroatoms. The van der Waals surface area contributed by atoms with Gasteiger partial charge in [-0.15, -0.1) is 0 Å². The van der Waals surface area contributed by atoms with Gasteiger partial charge in [0.15, 0.2) is 0 Å². The number of hydrogen-bond acceptors (Lipinski definition) is 2. The molecule has 0 fully saturated rings. The Morgan fingerprint density at radius 2 is 1.60 bits per heavy atom. The lowest BCUT2D eigenvalue weighted by Crippen LogP contribution is -2.39. The molecule has 0 aliphatic rings. The zero-order valence-corrected chi connectivity index (χ0v) is 10.6. The van der Waals surface area contributed by atoms with Gasteiger partial charge in [-0.1, -0.05) is 50.0 Å². The standard InChI is InChI=1S/C12H20O2Si/c1-15(2,3)12(14)9-11(13)10-7-5-4-6-8-10/h4-8,11-14H,9H2,1-3H3. The van der Waals surface area contributed by atoms with Crippen LogP contribution in [-0.2, 0) is 0 Å². The second-order valence-electron chi connectivity index (χ2n) is 5.04. The van der Waals surface area contributed by atoms with Gasteiger partial charge in [-0.05, 0) is 5.56 Å². The van der Waals surface area contributed by atoms with E-state index in [1.165, 1.54) is 0 Å². The summed E-state index contributed by atoms with van der Waals surface area (Å²) < 4.78 is 0. The van der Waals surface area contributed by atoms with E-state index in [4.69, 9.17) is 0 Å². The van der Waals surface area contributed by atoms with Crippen LogP contribution in [0.15, 0.2) is 30.3 Å². The topological polar surface area (TPSA) is 40.5 Å². The van der Waals surface area contributed by atoms with Crippen molar-refractivity contribution in [2.45, 2.75) is 37.9 Å². The van der Waals surface area contributed by atoms with Gasteiger partial charge in [0.2, 0.25) is 0 Å². The molecule has 1 aromatic rings. The van der Waals surface area contributed by atoms with Gasteiger partial charge >= 0.3 is 0 Å². The van der Waals surface area contributed by atoms with Gasteiger partial charge in [0.1, 0.15) is 0 Å². The summed E-state index contributed by atoms with van der Waals surface area (Å²) >= 11 is 0. The molecule has 15 heavy (non-hydrogen) atoms. The molecule has 0 saturated carbocycles. The lowest BCUT2D eigenvalue weighted by atomic mass is 10.1. The van der Waals surface area contributed by atoms with E-state index in [2.05, 4.69) is 19.6 Å². The lowest BCUT2D eigenvalue weighted by molar-refractivity contribution is 0.114. The van der Waals surface area contributed by atoms with Crippen LogP contribution in [-0.4, -0.2) is 24.0 Å². The first kappa shape index (κ1) is 12.4. The Hall–Kier alpha value is -0.643. The molecular weight excluding hydrogens is 204 g/mol. The highest BCUT2D eigenvalue weighted by Gasteiger charge is 2.27. The summed E-state index contributed by atoms with van der Waals surface area (Å²) in [6, 6.07) is 9.51. The van der Waals surface area contributed by atoms with Crippen molar-refractivity contribution in [3.05, 3.63) is 35.9 Å². The van der Waals surface area contributed by atoms with E-state index in [0.717, 1.165) is 5.56 Å².